The summed E-state index contributed by atoms with van der Waals surface area (Å²) >= 11 is 0. The van der Waals surface area contributed by atoms with Crippen LogP contribution < -0.4 is 10.1 Å². The van der Waals surface area contributed by atoms with Gasteiger partial charge in [-0.1, -0.05) is 0 Å². The molecule has 0 spiro atoms. The second-order valence-electron chi connectivity index (χ2n) is 6.49. The molecule has 1 amide bonds. The van der Waals surface area contributed by atoms with E-state index in [9.17, 15) is 4.79 Å². The molecule has 1 aliphatic heterocycles. The zero-order valence-electron chi connectivity index (χ0n) is 13.2. The maximum absolute atomic E-state index is 12.0. The lowest BCUT2D eigenvalue weighted by Crippen LogP contribution is -2.40. The van der Waals surface area contributed by atoms with E-state index in [0.717, 1.165) is 6.54 Å². The highest BCUT2D eigenvalue weighted by molar-refractivity contribution is 5.94. The Morgan fingerprint density at radius 1 is 1.33 bits per heavy atom. The fourth-order valence-electron chi connectivity index (χ4n) is 2.30. The number of hydrogen-bond acceptors (Lipinski definition) is 4. The van der Waals surface area contributed by atoms with Gasteiger partial charge in [-0.25, -0.2) is 4.98 Å². The van der Waals surface area contributed by atoms with Crippen LogP contribution in [0.3, 0.4) is 0 Å². The smallest absolute Gasteiger partial charge is 0.253 e. The number of nitrogens with zero attached hydrogens (tertiary/aromatic N) is 2. The number of aromatic nitrogens is 1. The molecule has 1 aliphatic rings. The monoisotopic (exact) mass is 291 g/mol. The second kappa shape index (κ2) is 6.89. The fourth-order valence-corrected chi connectivity index (χ4v) is 2.30. The summed E-state index contributed by atoms with van der Waals surface area (Å²) in [6.45, 7) is 9.77. The van der Waals surface area contributed by atoms with Crippen molar-refractivity contribution >= 4 is 5.91 Å². The highest BCUT2D eigenvalue weighted by atomic mass is 16.5. The number of hydrogen-bond donors (Lipinski definition) is 1. The van der Waals surface area contributed by atoms with Crippen molar-refractivity contribution in [2.75, 3.05) is 26.2 Å². The van der Waals surface area contributed by atoms with Crippen LogP contribution >= 0.6 is 0 Å². The zero-order chi connectivity index (χ0) is 15.3. The van der Waals surface area contributed by atoms with Crippen molar-refractivity contribution in [3.63, 3.8) is 0 Å². The molecule has 0 aliphatic carbocycles. The van der Waals surface area contributed by atoms with E-state index in [-0.39, 0.29) is 11.4 Å². The molecule has 2 rings (SSSR count). The molecule has 0 bridgehead atoms. The Bertz CT molecular complexity index is 459. The SMILES string of the molecule is CC(C)(C)NC(=O)c1ccc(OCCN2CCCC2)nc1. The first kappa shape index (κ1) is 15.8. The highest BCUT2D eigenvalue weighted by Gasteiger charge is 2.15. The van der Waals surface area contributed by atoms with Crippen molar-refractivity contribution in [2.45, 2.75) is 39.2 Å². The minimum atomic E-state index is -0.248. The van der Waals surface area contributed by atoms with Gasteiger partial charge in [-0.2, -0.15) is 0 Å². The normalized spacial score (nSPS) is 16.0. The Morgan fingerprint density at radius 3 is 2.62 bits per heavy atom. The summed E-state index contributed by atoms with van der Waals surface area (Å²) in [5.74, 6) is 0.458. The van der Waals surface area contributed by atoms with Gasteiger partial charge in [-0.3, -0.25) is 9.69 Å². The Labute approximate surface area is 126 Å². The molecule has 1 N–H and O–H groups in total. The molecule has 2 heterocycles. The van der Waals surface area contributed by atoms with Gasteiger partial charge in [-0.15, -0.1) is 0 Å². The Hall–Kier alpha value is -1.62. The van der Waals surface area contributed by atoms with Crippen LogP contribution in [0.25, 0.3) is 0 Å². The summed E-state index contributed by atoms with van der Waals surface area (Å²) in [5.41, 5.74) is 0.305. The van der Waals surface area contributed by atoms with Crippen molar-refractivity contribution in [3.05, 3.63) is 23.9 Å². The predicted molar refractivity (Wildman–Crippen MR) is 82.6 cm³/mol. The third-order valence-electron chi connectivity index (χ3n) is 3.34. The Morgan fingerprint density at radius 2 is 2.05 bits per heavy atom. The van der Waals surface area contributed by atoms with Gasteiger partial charge in [0.15, 0.2) is 0 Å². The topological polar surface area (TPSA) is 54.5 Å². The molecule has 1 aromatic heterocycles. The van der Waals surface area contributed by atoms with Gasteiger partial charge in [0.25, 0.3) is 5.91 Å². The molecule has 0 unspecified atom stereocenters. The number of nitrogens with one attached hydrogen (secondary N) is 1. The lowest BCUT2D eigenvalue weighted by atomic mass is 10.1. The minimum Gasteiger partial charge on any atom is -0.476 e. The van der Waals surface area contributed by atoms with Crippen molar-refractivity contribution < 1.29 is 9.53 Å². The maximum atomic E-state index is 12.0. The van der Waals surface area contributed by atoms with Gasteiger partial charge < -0.3 is 10.1 Å². The number of carbonyl (C=O) groups excluding carboxylic acids is 1. The molecule has 0 atom stereocenters. The summed E-state index contributed by atoms with van der Waals surface area (Å²) in [5, 5.41) is 2.91. The number of carbonyl (C=O) groups is 1. The molecule has 1 saturated heterocycles. The number of amides is 1. The maximum Gasteiger partial charge on any atom is 0.253 e. The number of likely N-dealkylation sites (tertiary alicyclic amines) is 1. The summed E-state index contributed by atoms with van der Waals surface area (Å²) < 4.78 is 5.62. The van der Waals surface area contributed by atoms with Crippen molar-refractivity contribution in [2.24, 2.45) is 0 Å². The van der Waals surface area contributed by atoms with E-state index in [1.165, 1.54) is 25.9 Å². The van der Waals surface area contributed by atoms with Crippen LogP contribution in [-0.2, 0) is 0 Å². The molecule has 1 fully saturated rings. The van der Waals surface area contributed by atoms with Gasteiger partial charge in [0.05, 0.1) is 5.56 Å². The van der Waals surface area contributed by atoms with E-state index in [0.29, 0.717) is 18.1 Å². The van der Waals surface area contributed by atoms with Gasteiger partial charge >= 0.3 is 0 Å². The molecule has 0 saturated carbocycles. The quantitative estimate of drug-likeness (QED) is 0.902. The zero-order valence-corrected chi connectivity index (χ0v) is 13.2. The Balaban J connectivity index is 1.79. The van der Waals surface area contributed by atoms with Gasteiger partial charge in [-0.05, 0) is 52.8 Å². The average molecular weight is 291 g/mol. The van der Waals surface area contributed by atoms with Crippen molar-refractivity contribution in [3.8, 4) is 5.88 Å². The van der Waals surface area contributed by atoms with Gasteiger partial charge in [0, 0.05) is 24.3 Å². The van der Waals surface area contributed by atoms with Crippen molar-refractivity contribution in [1.82, 2.24) is 15.2 Å². The van der Waals surface area contributed by atoms with Gasteiger partial charge in [0.1, 0.15) is 6.61 Å². The summed E-state index contributed by atoms with van der Waals surface area (Å²) in [4.78, 5) is 18.5. The van der Waals surface area contributed by atoms with Crippen LogP contribution in [0.15, 0.2) is 18.3 Å². The molecular weight excluding hydrogens is 266 g/mol. The van der Waals surface area contributed by atoms with E-state index < -0.39 is 0 Å². The first-order valence-electron chi connectivity index (χ1n) is 7.58. The van der Waals surface area contributed by atoms with Crippen LogP contribution in [0, 0.1) is 0 Å². The molecule has 1 aromatic rings. The Kier molecular flexibility index (Phi) is 5.17. The highest BCUT2D eigenvalue weighted by Crippen LogP contribution is 2.10. The molecule has 21 heavy (non-hydrogen) atoms. The third-order valence-corrected chi connectivity index (χ3v) is 3.34. The third kappa shape index (κ3) is 5.34. The van der Waals surface area contributed by atoms with Crippen molar-refractivity contribution in [1.29, 1.82) is 0 Å². The number of rotatable bonds is 5. The molecular formula is C16H25N3O2. The van der Waals surface area contributed by atoms with Crippen LogP contribution in [0.1, 0.15) is 44.0 Å². The summed E-state index contributed by atoms with van der Waals surface area (Å²) in [6, 6.07) is 3.50. The predicted octanol–water partition coefficient (Wildman–Crippen LogP) is 2.08. The molecule has 116 valence electrons. The fraction of sp³-hybridized carbons (Fsp3) is 0.625. The van der Waals surface area contributed by atoms with Crippen LogP contribution in [0.4, 0.5) is 0 Å². The summed E-state index contributed by atoms with van der Waals surface area (Å²) in [7, 11) is 0. The van der Waals surface area contributed by atoms with E-state index in [2.05, 4.69) is 15.2 Å². The lowest BCUT2D eigenvalue weighted by molar-refractivity contribution is 0.0919. The van der Waals surface area contributed by atoms with Crippen LogP contribution in [0.2, 0.25) is 0 Å². The number of ether oxygens (including phenoxy) is 1. The summed E-state index contributed by atoms with van der Waals surface area (Å²) in [6.07, 6.45) is 4.14. The molecule has 0 aromatic carbocycles. The second-order valence-corrected chi connectivity index (χ2v) is 6.49. The molecule has 5 heteroatoms. The largest absolute Gasteiger partial charge is 0.476 e. The lowest BCUT2D eigenvalue weighted by Gasteiger charge is -2.20. The van der Waals surface area contributed by atoms with E-state index in [4.69, 9.17) is 4.74 Å². The first-order chi connectivity index (χ1) is 9.94. The average Bonchev–Trinajstić information content (AvgIpc) is 2.91. The van der Waals surface area contributed by atoms with Crippen LogP contribution in [-0.4, -0.2) is 47.6 Å². The van der Waals surface area contributed by atoms with E-state index in [1.54, 1.807) is 18.3 Å². The van der Waals surface area contributed by atoms with E-state index in [1.807, 2.05) is 20.8 Å². The van der Waals surface area contributed by atoms with Crippen LogP contribution in [0.5, 0.6) is 5.88 Å². The molecule has 5 nitrogen and oxygen atoms in total. The van der Waals surface area contributed by atoms with E-state index >= 15 is 0 Å². The molecule has 0 radical (unpaired) electrons. The number of pyridine rings is 1. The van der Waals surface area contributed by atoms with Gasteiger partial charge in [0.2, 0.25) is 5.88 Å². The standard InChI is InChI=1S/C16H25N3O2/c1-16(2,3)18-15(20)13-6-7-14(17-12-13)21-11-10-19-8-4-5-9-19/h6-7,12H,4-5,8-11H2,1-3H3,(H,18,20). The first-order valence-corrected chi connectivity index (χ1v) is 7.58. The minimum absolute atomic E-state index is 0.112.